The molecule has 0 spiro atoms. The van der Waals surface area contributed by atoms with E-state index < -0.39 is 0 Å². The third-order valence-corrected chi connectivity index (χ3v) is 3.84. The van der Waals surface area contributed by atoms with Crippen LogP contribution in [0.2, 0.25) is 0 Å². The zero-order chi connectivity index (χ0) is 10.8. The number of piperidine rings is 1. The smallest absolute Gasteiger partial charge is 0.227 e. The molecule has 0 radical (unpaired) electrons. The number of nitrogens with zero attached hydrogens (tertiary/aromatic N) is 1. The fourth-order valence-corrected chi connectivity index (χ4v) is 2.45. The summed E-state index contributed by atoms with van der Waals surface area (Å²) in [6.07, 6.45) is 4.47. The fraction of sp³-hybridized carbons (Fsp3) is 0.909. The maximum absolute atomic E-state index is 11.9. The molecule has 0 aromatic heterocycles. The highest BCUT2D eigenvalue weighted by molar-refractivity contribution is 7.99. The average molecular weight is 215 g/mol. The Bertz CT molecular complexity index is 202. The van der Waals surface area contributed by atoms with Crippen molar-refractivity contribution in [2.75, 3.05) is 19.3 Å². The lowest BCUT2D eigenvalue weighted by Crippen LogP contribution is -2.44. The maximum Gasteiger partial charge on any atom is 0.227 e. The molecule has 0 aliphatic carbocycles. The van der Waals surface area contributed by atoms with Crippen molar-refractivity contribution in [2.24, 2.45) is 5.41 Å². The first-order valence-electron chi connectivity index (χ1n) is 5.27. The van der Waals surface area contributed by atoms with Crippen molar-refractivity contribution in [3.63, 3.8) is 0 Å². The second kappa shape index (κ2) is 4.56. The third kappa shape index (κ3) is 2.91. The van der Waals surface area contributed by atoms with Gasteiger partial charge in [0.25, 0.3) is 0 Å². The molecule has 1 saturated heterocycles. The normalized spacial score (nSPS) is 19.9. The lowest BCUT2D eigenvalue weighted by Gasteiger charge is -2.35. The van der Waals surface area contributed by atoms with E-state index >= 15 is 0 Å². The summed E-state index contributed by atoms with van der Waals surface area (Å²) in [7, 11) is 0. The van der Waals surface area contributed by atoms with Gasteiger partial charge in [-0.1, -0.05) is 20.8 Å². The van der Waals surface area contributed by atoms with Gasteiger partial charge in [0.2, 0.25) is 5.91 Å². The van der Waals surface area contributed by atoms with Crippen molar-refractivity contribution in [2.45, 2.75) is 38.9 Å². The molecule has 1 rings (SSSR count). The SMILES string of the molecule is CSC1CCN(C(=O)C(C)(C)C)CC1. The van der Waals surface area contributed by atoms with Gasteiger partial charge < -0.3 is 4.90 Å². The molecule has 2 nitrogen and oxygen atoms in total. The molecular formula is C11H21NOS. The fourth-order valence-electron chi connectivity index (χ4n) is 1.77. The minimum Gasteiger partial charge on any atom is -0.342 e. The Morgan fingerprint density at radius 3 is 2.14 bits per heavy atom. The van der Waals surface area contributed by atoms with Crippen LogP contribution < -0.4 is 0 Å². The van der Waals surface area contributed by atoms with Gasteiger partial charge in [-0.2, -0.15) is 11.8 Å². The van der Waals surface area contributed by atoms with Crippen LogP contribution in [-0.2, 0) is 4.79 Å². The number of carbonyl (C=O) groups is 1. The summed E-state index contributed by atoms with van der Waals surface area (Å²) < 4.78 is 0. The number of rotatable bonds is 1. The monoisotopic (exact) mass is 215 g/mol. The Morgan fingerprint density at radius 2 is 1.79 bits per heavy atom. The van der Waals surface area contributed by atoms with Gasteiger partial charge in [-0.15, -0.1) is 0 Å². The second-order valence-electron chi connectivity index (χ2n) is 4.98. The number of carbonyl (C=O) groups excluding carboxylic acids is 1. The number of hydrogen-bond acceptors (Lipinski definition) is 2. The molecule has 0 atom stereocenters. The number of thioether (sulfide) groups is 1. The highest BCUT2D eigenvalue weighted by Gasteiger charge is 2.29. The van der Waals surface area contributed by atoms with Gasteiger partial charge in [0.1, 0.15) is 0 Å². The molecule has 1 heterocycles. The van der Waals surface area contributed by atoms with Gasteiger partial charge >= 0.3 is 0 Å². The first-order valence-corrected chi connectivity index (χ1v) is 6.56. The Hall–Kier alpha value is -0.180. The van der Waals surface area contributed by atoms with Gasteiger partial charge in [0, 0.05) is 23.8 Å². The Morgan fingerprint density at radius 1 is 1.29 bits per heavy atom. The molecule has 0 N–H and O–H groups in total. The first-order chi connectivity index (χ1) is 6.45. The van der Waals surface area contributed by atoms with Crippen molar-refractivity contribution >= 4 is 17.7 Å². The molecule has 14 heavy (non-hydrogen) atoms. The van der Waals surface area contributed by atoms with Crippen LogP contribution in [0.1, 0.15) is 33.6 Å². The van der Waals surface area contributed by atoms with Crippen LogP contribution in [0.4, 0.5) is 0 Å². The van der Waals surface area contributed by atoms with Crippen LogP contribution in [0, 0.1) is 5.41 Å². The largest absolute Gasteiger partial charge is 0.342 e. The molecule has 0 bridgehead atoms. The quantitative estimate of drug-likeness (QED) is 0.669. The second-order valence-corrected chi connectivity index (χ2v) is 6.12. The number of hydrogen-bond donors (Lipinski definition) is 0. The molecule has 0 aromatic rings. The van der Waals surface area contributed by atoms with E-state index in [1.54, 1.807) is 0 Å². The van der Waals surface area contributed by atoms with Crippen molar-refractivity contribution < 1.29 is 4.79 Å². The molecule has 3 heteroatoms. The summed E-state index contributed by atoms with van der Waals surface area (Å²) in [5, 5.41) is 0.763. The van der Waals surface area contributed by atoms with Crippen molar-refractivity contribution in [1.82, 2.24) is 4.90 Å². The van der Waals surface area contributed by atoms with E-state index in [1.165, 1.54) is 0 Å². The average Bonchev–Trinajstić information content (AvgIpc) is 2.15. The van der Waals surface area contributed by atoms with Crippen LogP contribution >= 0.6 is 11.8 Å². The summed E-state index contributed by atoms with van der Waals surface area (Å²) in [4.78, 5) is 14.0. The van der Waals surface area contributed by atoms with E-state index in [1.807, 2.05) is 37.4 Å². The first kappa shape index (κ1) is 11.9. The van der Waals surface area contributed by atoms with E-state index in [2.05, 4.69) is 6.26 Å². The van der Waals surface area contributed by atoms with E-state index in [9.17, 15) is 4.79 Å². The molecule has 82 valence electrons. The molecule has 0 aromatic carbocycles. The van der Waals surface area contributed by atoms with Crippen LogP contribution in [0.3, 0.4) is 0 Å². The van der Waals surface area contributed by atoms with Crippen molar-refractivity contribution in [3.8, 4) is 0 Å². The van der Waals surface area contributed by atoms with Crippen molar-refractivity contribution in [1.29, 1.82) is 0 Å². The summed E-state index contributed by atoms with van der Waals surface area (Å²) in [6.45, 7) is 7.88. The molecule has 0 saturated carbocycles. The van der Waals surface area contributed by atoms with Crippen LogP contribution in [0.25, 0.3) is 0 Å². The molecule has 1 aliphatic rings. The summed E-state index contributed by atoms with van der Waals surface area (Å²) in [5.74, 6) is 0.303. The van der Waals surface area contributed by atoms with E-state index in [0.29, 0.717) is 5.91 Å². The highest BCUT2D eigenvalue weighted by atomic mass is 32.2. The summed E-state index contributed by atoms with van der Waals surface area (Å²) in [5.41, 5.74) is -0.216. The minimum absolute atomic E-state index is 0.216. The number of likely N-dealkylation sites (tertiary alicyclic amines) is 1. The summed E-state index contributed by atoms with van der Waals surface area (Å²) in [6, 6.07) is 0. The minimum atomic E-state index is -0.216. The van der Waals surface area contributed by atoms with Gasteiger partial charge in [-0.3, -0.25) is 4.79 Å². The Balaban J connectivity index is 2.46. The Kier molecular flexibility index (Phi) is 3.87. The van der Waals surface area contributed by atoms with Crippen LogP contribution in [-0.4, -0.2) is 35.4 Å². The Labute approximate surface area is 91.4 Å². The number of amides is 1. The third-order valence-electron chi connectivity index (χ3n) is 2.70. The summed E-state index contributed by atoms with van der Waals surface area (Å²) >= 11 is 1.93. The molecule has 1 aliphatic heterocycles. The standard InChI is InChI=1S/C11H21NOS/c1-11(2,3)10(13)12-7-5-9(14-4)6-8-12/h9H,5-8H2,1-4H3. The van der Waals surface area contributed by atoms with E-state index in [4.69, 9.17) is 0 Å². The van der Waals surface area contributed by atoms with Crippen LogP contribution in [0.15, 0.2) is 0 Å². The lowest BCUT2D eigenvalue weighted by molar-refractivity contribution is -0.140. The van der Waals surface area contributed by atoms with Gasteiger partial charge in [0.15, 0.2) is 0 Å². The molecule has 1 amide bonds. The van der Waals surface area contributed by atoms with Gasteiger partial charge in [-0.05, 0) is 19.1 Å². The lowest BCUT2D eigenvalue weighted by atomic mass is 9.93. The maximum atomic E-state index is 11.9. The zero-order valence-corrected chi connectivity index (χ0v) is 10.5. The topological polar surface area (TPSA) is 20.3 Å². The van der Waals surface area contributed by atoms with Gasteiger partial charge in [-0.25, -0.2) is 0 Å². The highest BCUT2D eigenvalue weighted by Crippen LogP contribution is 2.25. The molecule has 0 unspecified atom stereocenters. The zero-order valence-electron chi connectivity index (χ0n) is 9.67. The van der Waals surface area contributed by atoms with Crippen molar-refractivity contribution in [3.05, 3.63) is 0 Å². The predicted molar refractivity (Wildman–Crippen MR) is 62.6 cm³/mol. The molecular weight excluding hydrogens is 194 g/mol. The van der Waals surface area contributed by atoms with Crippen LogP contribution in [0.5, 0.6) is 0 Å². The van der Waals surface area contributed by atoms with E-state index in [0.717, 1.165) is 31.2 Å². The van der Waals surface area contributed by atoms with E-state index in [-0.39, 0.29) is 5.41 Å². The predicted octanol–water partition coefficient (Wildman–Crippen LogP) is 2.39. The van der Waals surface area contributed by atoms with Gasteiger partial charge in [0.05, 0.1) is 0 Å². The molecule has 1 fully saturated rings.